The summed E-state index contributed by atoms with van der Waals surface area (Å²) in [4.78, 5) is 30.0. The van der Waals surface area contributed by atoms with Crippen molar-refractivity contribution in [3.05, 3.63) is 47.9 Å². The molecule has 202 valence electrons. The number of carbonyl (C=O) groups excluding carboxylic acids is 1. The number of carbonyl (C=O) groups is 1. The zero-order valence-electron chi connectivity index (χ0n) is 20.1. The highest BCUT2D eigenvalue weighted by atomic mass is 19.4. The van der Waals surface area contributed by atoms with Crippen molar-refractivity contribution in [2.75, 3.05) is 51.5 Å². The lowest BCUT2D eigenvalue weighted by Gasteiger charge is -2.27. The highest BCUT2D eigenvalue weighted by Crippen LogP contribution is 2.38. The second kappa shape index (κ2) is 11.8. The normalized spacial score (nSPS) is 13.6. The summed E-state index contributed by atoms with van der Waals surface area (Å²) in [6.45, 7) is 1.49. The number of morpholine rings is 1. The fourth-order valence-electron chi connectivity index (χ4n) is 3.30. The van der Waals surface area contributed by atoms with Crippen LogP contribution in [-0.2, 0) is 10.9 Å². The van der Waals surface area contributed by atoms with Crippen LogP contribution in [0.3, 0.4) is 0 Å². The molecule has 15 heteroatoms. The predicted molar refractivity (Wildman–Crippen MR) is 125 cm³/mol. The number of alkyl halides is 3. The van der Waals surface area contributed by atoms with E-state index in [4.69, 9.17) is 29.4 Å². The van der Waals surface area contributed by atoms with E-state index in [9.17, 15) is 18.0 Å². The molecule has 0 aliphatic carbocycles. The monoisotopic (exact) mass is 536 g/mol. The fourth-order valence-corrected chi connectivity index (χ4v) is 3.30. The zero-order chi connectivity index (χ0) is 27.1. The Morgan fingerprint density at radius 2 is 1.71 bits per heavy atom. The number of methoxy groups -OCH3 is 1. The van der Waals surface area contributed by atoms with Crippen molar-refractivity contribution >= 4 is 11.9 Å². The molecular weight excluding hydrogens is 513 g/mol. The molecule has 1 saturated heterocycles. The van der Waals surface area contributed by atoms with E-state index in [0.29, 0.717) is 44.4 Å². The topological polar surface area (TPSA) is 144 Å². The van der Waals surface area contributed by atoms with Crippen molar-refractivity contribution in [1.29, 1.82) is 0 Å². The van der Waals surface area contributed by atoms with Gasteiger partial charge >= 0.3 is 12.2 Å². The minimum Gasteiger partial charge on any atom is -0.493 e. The number of nitrogens with two attached hydrogens (primary N) is 1. The number of primary amides is 1. The highest BCUT2D eigenvalue weighted by Gasteiger charge is 2.31. The van der Waals surface area contributed by atoms with Gasteiger partial charge in [0.25, 0.3) is 11.8 Å². The Hall–Kier alpha value is -4.40. The summed E-state index contributed by atoms with van der Waals surface area (Å²) < 4.78 is 65.7. The summed E-state index contributed by atoms with van der Waals surface area (Å²) in [7, 11) is 1.45. The number of amides is 1. The molecule has 0 unspecified atom stereocenters. The first-order chi connectivity index (χ1) is 18.3. The summed E-state index contributed by atoms with van der Waals surface area (Å²) in [6, 6.07) is 6.41. The fraction of sp³-hybridized carbons (Fsp3) is 0.348. The van der Waals surface area contributed by atoms with Crippen LogP contribution in [0.2, 0.25) is 0 Å². The van der Waals surface area contributed by atoms with Crippen LogP contribution in [-0.4, -0.2) is 72.5 Å². The van der Waals surface area contributed by atoms with Crippen molar-refractivity contribution in [2.24, 2.45) is 5.73 Å². The van der Waals surface area contributed by atoms with Crippen molar-refractivity contribution in [2.45, 2.75) is 6.18 Å². The summed E-state index contributed by atoms with van der Waals surface area (Å²) >= 11 is 0. The van der Waals surface area contributed by atoms with E-state index >= 15 is 0 Å². The molecule has 1 fully saturated rings. The van der Waals surface area contributed by atoms with Gasteiger partial charge in [0.15, 0.2) is 17.2 Å². The molecule has 1 amide bonds. The quantitative estimate of drug-likeness (QED) is 0.382. The third kappa shape index (κ3) is 6.47. The second-order valence-corrected chi connectivity index (χ2v) is 7.67. The maximum absolute atomic E-state index is 12.7. The van der Waals surface area contributed by atoms with Crippen molar-refractivity contribution < 1.29 is 41.7 Å². The number of hydrogen-bond donors (Lipinski definition) is 1. The van der Waals surface area contributed by atoms with E-state index < -0.39 is 17.6 Å². The largest absolute Gasteiger partial charge is 0.493 e. The summed E-state index contributed by atoms with van der Waals surface area (Å²) in [5.74, 6) is -0.348. The molecule has 38 heavy (non-hydrogen) atoms. The molecule has 0 spiro atoms. The third-order valence-electron chi connectivity index (χ3n) is 5.14. The molecule has 2 N–H and O–H groups in total. The summed E-state index contributed by atoms with van der Waals surface area (Å²) in [5, 5.41) is 0. The Morgan fingerprint density at radius 1 is 1.05 bits per heavy atom. The number of halogens is 3. The predicted octanol–water partition coefficient (Wildman–Crippen LogP) is 2.48. The number of hydrogen-bond acceptors (Lipinski definition) is 11. The minimum atomic E-state index is -4.57. The van der Waals surface area contributed by atoms with Gasteiger partial charge in [0.2, 0.25) is 11.7 Å². The average molecular weight is 536 g/mol. The van der Waals surface area contributed by atoms with E-state index in [1.807, 2.05) is 0 Å². The Labute approximate surface area is 214 Å². The molecule has 3 aromatic rings. The average Bonchev–Trinajstić information content (AvgIpc) is 2.92. The lowest BCUT2D eigenvalue weighted by molar-refractivity contribution is -0.138. The molecule has 1 aromatic carbocycles. The maximum Gasteiger partial charge on any atom is 0.419 e. The number of para-hydroxylation sites is 2. The smallest absolute Gasteiger partial charge is 0.419 e. The van der Waals surface area contributed by atoms with Crippen LogP contribution in [0.4, 0.5) is 19.1 Å². The first kappa shape index (κ1) is 26.7. The molecular formula is C23H23F3N6O6. The summed E-state index contributed by atoms with van der Waals surface area (Å²) in [6.07, 6.45) is -3.34. The van der Waals surface area contributed by atoms with E-state index in [1.54, 1.807) is 29.2 Å². The van der Waals surface area contributed by atoms with Crippen molar-refractivity contribution in [3.63, 3.8) is 0 Å². The standard InChI is InChI=1S/C23H23F3N6O6/c1-34-15-4-2-3-5-16(15)38-18-17(19(27)33)30-21(32-6-8-35-9-7-32)31-20(18)36-10-11-37-22-28-12-14(13-29-22)23(24,25)26/h2-5,12-13H,6-11H2,1H3,(H2,27,33). The van der Waals surface area contributed by atoms with Crippen LogP contribution in [0.1, 0.15) is 16.1 Å². The van der Waals surface area contributed by atoms with E-state index in [1.165, 1.54) is 7.11 Å². The van der Waals surface area contributed by atoms with Crippen LogP contribution in [0.15, 0.2) is 36.7 Å². The van der Waals surface area contributed by atoms with Crippen molar-refractivity contribution in [3.8, 4) is 29.1 Å². The molecule has 0 saturated carbocycles. The highest BCUT2D eigenvalue weighted by molar-refractivity contribution is 5.94. The molecule has 0 atom stereocenters. The number of rotatable bonds is 10. The van der Waals surface area contributed by atoms with Gasteiger partial charge in [0.05, 0.1) is 25.9 Å². The number of benzene rings is 1. The number of ether oxygens (including phenoxy) is 5. The minimum absolute atomic E-state index is 0.113. The van der Waals surface area contributed by atoms with Crippen LogP contribution in [0.5, 0.6) is 29.1 Å². The lowest BCUT2D eigenvalue weighted by Crippen LogP contribution is -2.37. The van der Waals surface area contributed by atoms with Gasteiger partial charge in [-0.15, -0.1) is 0 Å². The summed E-state index contributed by atoms with van der Waals surface area (Å²) in [5.41, 5.74) is 4.39. The van der Waals surface area contributed by atoms with Gasteiger partial charge in [-0.2, -0.15) is 18.2 Å². The van der Waals surface area contributed by atoms with Crippen LogP contribution in [0, 0.1) is 0 Å². The van der Waals surface area contributed by atoms with Gasteiger partial charge in [-0.3, -0.25) is 4.79 Å². The van der Waals surface area contributed by atoms with Crippen molar-refractivity contribution in [1.82, 2.24) is 19.9 Å². The Morgan fingerprint density at radius 3 is 2.34 bits per heavy atom. The molecule has 3 heterocycles. The van der Waals surface area contributed by atoms with Gasteiger partial charge in [0, 0.05) is 25.5 Å². The zero-order valence-corrected chi connectivity index (χ0v) is 20.1. The molecule has 12 nitrogen and oxygen atoms in total. The first-order valence-corrected chi connectivity index (χ1v) is 11.3. The Balaban J connectivity index is 1.57. The molecule has 1 aliphatic heterocycles. The van der Waals surface area contributed by atoms with Crippen LogP contribution in [0.25, 0.3) is 0 Å². The molecule has 0 bridgehead atoms. The SMILES string of the molecule is COc1ccccc1Oc1c(OCCOc2ncc(C(F)(F)F)cn2)nc(N2CCOCC2)nc1C(N)=O. The van der Waals surface area contributed by atoms with Gasteiger partial charge < -0.3 is 34.3 Å². The van der Waals surface area contributed by atoms with Gasteiger partial charge in [-0.1, -0.05) is 12.1 Å². The molecule has 0 radical (unpaired) electrons. The van der Waals surface area contributed by atoms with Gasteiger partial charge in [-0.25, -0.2) is 15.0 Å². The van der Waals surface area contributed by atoms with E-state index in [2.05, 4.69) is 19.9 Å². The van der Waals surface area contributed by atoms with Crippen LogP contribution >= 0.6 is 0 Å². The number of nitrogens with zero attached hydrogens (tertiary/aromatic N) is 5. The van der Waals surface area contributed by atoms with Gasteiger partial charge in [0.1, 0.15) is 13.2 Å². The first-order valence-electron chi connectivity index (χ1n) is 11.3. The molecule has 4 rings (SSSR count). The van der Waals surface area contributed by atoms with Crippen LogP contribution < -0.4 is 29.6 Å². The number of aromatic nitrogens is 4. The van der Waals surface area contributed by atoms with E-state index in [-0.39, 0.29) is 48.2 Å². The van der Waals surface area contributed by atoms with Gasteiger partial charge in [-0.05, 0) is 12.1 Å². The second-order valence-electron chi connectivity index (χ2n) is 7.67. The molecule has 2 aromatic heterocycles. The third-order valence-corrected chi connectivity index (χ3v) is 5.14. The Kier molecular flexibility index (Phi) is 8.25. The Bertz CT molecular complexity index is 1260. The van der Waals surface area contributed by atoms with E-state index in [0.717, 1.165) is 0 Å². The molecule has 1 aliphatic rings. The lowest BCUT2D eigenvalue weighted by atomic mass is 10.3. The maximum atomic E-state index is 12.7. The number of anilines is 1.